The summed E-state index contributed by atoms with van der Waals surface area (Å²) < 4.78 is 52.5. The molecule has 0 spiro atoms. The van der Waals surface area contributed by atoms with Crippen molar-refractivity contribution in [2.75, 3.05) is 33.2 Å². The molecule has 19 heavy (non-hydrogen) atoms. The Kier molecular flexibility index (Phi) is 9.27. The van der Waals surface area contributed by atoms with Crippen LogP contribution in [0.1, 0.15) is 19.3 Å². The van der Waals surface area contributed by atoms with Crippen LogP contribution < -0.4 is 0 Å². The van der Waals surface area contributed by atoms with Gasteiger partial charge < -0.3 is 0 Å². The van der Waals surface area contributed by atoms with Crippen molar-refractivity contribution in [2.24, 2.45) is 0 Å². The van der Waals surface area contributed by atoms with Gasteiger partial charge in [-0.1, -0.05) is 12.3 Å². The fourth-order valence-electron chi connectivity index (χ4n) is 1.10. The Morgan fingerprint density at radius 1 is 1.16 bits per heavy atom. The van der Waals surface area contributed by atoms with E-state index in [1.54, 1.807) is 0 Å². The first-order valence-electron chi connectivity index (χ1n) is 5.56. The van der Waals surface area contributed by atoms with E-state index in [1.807, 2.05) is 0 Å². The van der Waals surface area contributed by atoms with E-state index in [4.69, 9.17) is 10.9 Å². The molecule has 0 saturated heterocycles. The van der Waals surface area contributed by atoms with E-state index < -0.39 is 17.9 Å². The minimum Gasteiger partial charge on any atom is -0.290 e. The SMILES string of the molecule is C#CCOS(=O)(=O)CCCCCOP(=O)(OC)OC. The molecule has 112 valence electrons. The quantitative estimate of drug-likeness (QED) is 0.247. The minimum absolute atomic E-state index is 0.110. The van der Waals surface area contributed by atoms with Crippen molar-refractivity contribution in [3.05, 3.63) is 0 Å². The molecular formula is C10H19O7PS. The van der Waals surface area contributed by atoms with Gasteiger partial charge in [0.05, 0.1) is 12.4 Å². The second kappa shape index (κ2) is 9.48. The fourth-order valence-corrected chi connectivity index (χ4v) is 2.73. The Morgan fingerprint density at radius 2 is 1.79 bits per heavy atom. The monoisotopic (exact) mass is 314 g/mol. The minimum atomic E-state index is -3.56. The van der Waals surface area contributed by atoms with Crippen LogP contribution in [-0.2, 0) is 32.4 Å². The molecule has 0 radical (unpaired) electrons. The molecule has 0 aliphatic heterocycles. The molecule has 0 rings (SSSR count). The summed E-state index contributed by atoms with van der Waals surface area (Å²) in [5.41, 5.74) is 0. The van der Waals surface area contributed by atoms with Gasteiger partial charge in [-0.3, -0.25) is 17.8 Å². The van der Waals surface area contributed by atoms with Crippen molar-refractivity contribution in [1.29, 1.82) is 0 Å². The van der Waals surface area contributed by atoms with Gasteiger partial charge in [-0.15, -0.1) is 6.42 Å². The van der Waals surface area contributed by atoms with E-state index in [0.29, 0.717) is 19.3 Å². The first kappa shape index (κ1) is 18.6. The summed E-state index contributed by atoms with van der Waals surface area (Å²) in [5.74, 6) is 1.97. The molecule has 0 bridgehead atoms. The molecule has 0 aromatic rings. The third-order valence-electron chi connectivity index (χ3n) is 2.06. The molecule has 9 heteroatoms. The van der Waals surface area contributed by atoms with Crippen LogP contribution in [0.5, 0.6) is 0 Å². The van der Waals surface area contributed by atoms with E-state index in [-0.39, 0.29) is 19.0 Å². The number of unbranched alkanes of at least 4 members (excludes halogenated alkanes) is 2. The molecule has 0 saturated carbocycles. The highest BCUT2D eigenvalue weighted by atomic mass is 32.2. The normalized spacial score (nSPS) is 12.3. The number of hydrogen-bond donors (Lipinski definition) is 0. The van der Waals surface area contributed by atoms with Gasteiger partial charge in [0.1, 0.15) is 6.61 Å². The molecule has 0 fully saturated rings. The van der Waals surface area contributed by atoms with Crippen LogP contribution in [0.15, 0.2) is 0 Å². The highest BCUT2D eigenvalue weighted by Gasteiger charge is 2.21. The zero-order valence-electron chi connectivity index (χ0n) is 11.0. The van der Waals surface area contributed by atoms with Crippen molar-refractivity contribution in [1.82, 2.24) is 0 Å². The molecule has 0 amide bonds. The Morgan fingerprint density at radius 3 is 2.32 bits per heavy atom. The Balaban J connectivity index is 3.72. The Bertz CT molecular complexity index is 418. The van der Waals surface area contributed by atoms with Crippen molar-refractivity contribution in [3.63, 3.8) is 0 Å². The van der Waals surface area contributed by atoms with E-state index in [9.17, 15) is 13.0 Å². The third-order valence-corrected chi connectivity index (χ3v) is 4.72. The Labute approximate surface area is 114 Å². The number of phosphoric ester groups is 1. The maximum absolute atomic E-state index is 11.5. The lowest BCUT2D eigenvalue weighted by atomic mass is 10.3. The summed E-state index contributed by atoms with van der Waals surface area (Å²) in [4.78, 5) is 0. The molecule has 0 unspecified atom stereocenters. The van der Waals surface area contributed by atoms with Gasteiger partial charge in [-0.25, -0.2) is 4.57 Å². The van der Waals surface area contributed by atoms with Crippen LogP contribution in [0.3, 0.4) is 0 Å². The average molecular weight is 314 g/mol. The summed E-state index contributed by atoms with van der Waals surface area (Å²) in [6.07, 6.45) is 6.40. The first-order chi connectivity index (χ1) is 8.89. The van der Waals surface area contributed by atoms with Gasteiger partial charge in [-0.05, 0) is 12.8 Å². The largest absolute Gasteiger partial charge is 0.474 e. The van der Waals surface area contributed by atoms with Crippen molar-refractivity contribution in [2.45, 2.75) is 19.3 Å². The van der Waals surface area contributed by atoms with Crippen molar-refractivity contribution < 1.29 is 30.7 Å². The van der Waals surface area contributed by atoms with Crippen LogP contribution in [0.25, 0.3) is 0 Å². The molecule has 0 aromatic heterocycles. The maximum atomic E-state index is 11.5. The second-order valence-corrected chi connectivity index (χ2v) is 7.08. The molecule has 0 heterocycles. The van der Waals surface area contributed by atoms with Gasteiger partial charge >= 0.3 is 7.82 Å². The fraction of sp³-hybridized carbons (Fsp3) is 0.800. The predicted octanol–water partition coefficient (Wildman–Crippen LogP) is 1.55. The number of rotatable bonds is 11. The first-order valence-corrected chi connectivity index (χ1v) is 8.59. The maximum Gasteiger partial charge on any atom is 0.474 e. The van der Waals surface area contributed by atoms with Crippen LogP contribution in [0.2, 0.25) is 0 Å². The molecule has 0 aliphatic rings. The number of hydrogen-bond acceptors (Lipinski definition) is 7. The summed E-state index contributed by atoms with van der Waals surface area (Å²) in [6, 6.07) is 0. The second-order valence-electron chi connectivity index (χ2n) is 3.43. The summed E-state index contributed by atoms with van der Waals surface area (Å²) in [6.45, 7) is -0.0967. The highest BCUT2D eigenvalue weighted by Crippen LogP contribution is 2.47. The number of terminal acetylenes is 1. The molecular weight excluding hydrogens is 295 g/mol. The molecule has 0 aromatic carbocycles. The van der Waals surface area contributed by atoms with E-state index in [2.05, 4.69) is 19.2 Å². The standard InChI is InChI=1S/C10H19O7PS/c1-4-8-17-19(12,13)10-7-5-6-9-16-18(11,14-2)15-3/h1H,5-10H2,2-3H3. The van der Waals surface area contributed by atoms with Gasteiger partial charge in [0, 0.05) is 14.2 Å². The van der Waals surface area contributed by atoms with E-state index in [1.165, 1.54) is 14.2 Å². The van der Waals surface area contributed by atoms with Crippen LogP contribution in [0, 0.1) is 12.3 Å². The van der Waals surface area contributed by atoms with Crippen LogP contribution in [-0.4, -0.2) is 41.6 Å². The average Bonchev–Trinajstić information content (AvgIpc) is 2.40. The van der Waals surface area contributed by atoms with Gasteiger partial charge in [0.25, 0.3) is 10.1 Å². The summed E-state index contributed by atoms with van der Waals surface area (Å²) >= 11 is 0. The van der Waals surface area contributed by atoms with Gasteiger partial charge in [-0.2, -0.15) is 8.42 Å². The van der Waals surface area contributed by atoms with Gasteiger partial charge in [0.15, 0.2) is 0 Å². The molecule has 0 aliphatic carbocycles. The highest BCUT2D eigenvalue weighted by molar-refractivity contribution is 7.86. The lowest BCUT2D eigenvalue weighted by Gasteiger charge is -2.12. The zero-order valence-corrected chi connectivity index (χ0v) is 12.7. The summed E-state index contributed by atoms with van der Waals surface area (Å²) in [7, 11) is -4.55. The van der Waals surface area contributed by atoms with Crippen molar-refractivity contribution in [3.8, 4) is 12.3 Å². The van der Waals surface area contributed by atoms with E-state index in [0.717, 1.165) is 0 Å². The molecule has 0 N–H and O–H groups in total. The predicted molar refractivity (Wildman–Crippen MR) is 70.0 cm³/mol. The zero-order chi connectivity index (χ0) is 14.8. The van der Waals surface area contributed by atoms with Crippen molar-refractivity contribution >= 4 is 17.9 Å². The molecule has 7 nitrogen and oxygen atoms in total. The lowest BCUT2D eigenvalue weighted by Crippen LogP contribution is -2.11. The Hall–Kier alpha value is -0.420. The van der Waals surface area contributed by atoms with Crippen LogP contribution in [0.4, 0.5) is 0 Å². The van der Waals surface area contributed by atoms with Gasteiger partial charge in [0.2, 0.25) is 0 Å². The smallest absolute Gasteiger partial charge is 0.290 e. The lowest BCUT2D eigenvalue weighted by molar-refractivity contribution is 0.150. The molecule has 0 atom stereocenters. The van der Waals surface area contributed by atoms with Crippen LogP contribution >= 0.6 is 7.82 Å². The summed E-state index contributed by atoms with van der Waals surface area (Å²) in [5, 5.41) is 0. The third kappa shape index (κ3) is 9.16. The van der Waals surface area contributed by atoms with E-state index >= 15 is 0 Å². The topological polar surface area (TPSA) is 88.1 Å². The number of phosphoric acid groups is 1.